The summed E-state index contributed by atoms with van der Waals surface area (Å²) in [7, 11) is 1.22. The van der Waals surface area contributed by atoms with Gasteiger partial charge in [0, 0.05) is 0 Å². The van der Waals surface area contributed by atoms with Gasteiger partial charge in [0.2, 0.25) is 0 Å². The molecule has 0 spiro atoms. The van der Waals surface area contributed by atoms with Crippen LogP contribution in [-0.4, -0.2) is 25.1 Å². The van der Waals surface area contributed by atoms with Gasteiger partial charge in [-0.3, -0.25) is 0 Å². The number of ether oxygens (including phenoxy) is 2. The molecule has 0 heterocycles. The number of carbonyl (C=O) groups is 1. The van der Waals surface area contributed by atoms with Gasteiger partial charge in [-0.25, -0.2) is 4.79 Å². The zero-order chi connectivity index (χ0) is 12.2. The van der Waals surface area contributed by atoms with Gasteiger partial charge in [-0.2, -0.15) is 8.78 Å². The van der Waals surface area contributed by atoms with E-state index >= 15 is 0 Å². The maximum Gasteiger partial charge on any atom is 0.355 e. The largest absolute Gasteiger partial charge is 0.486 e. The van der Waals surface area contributed by atoms with Crippen molar-refractivity contribution in [2.45, 2.75) is 5.38 Å². The lowest BCUT2D eigenvalue weighted by atomic mass is 10.2. The summed E-state index contributed by atoms with van der Waals surface area (Å²) in [6.07, 6.45) is 0. The van der Waals surface area contributed by atoms with Crippen LogP contribution in [0.5, 0.6) is 5.75 Å². The molecule has 16 heavy (non-hydrogen) atoms. The summed E-state index contributed by atoms with van der Waals surface area (Å²) in [6, 6.07) is 5.72. The highest BCUT2D eigenvalue weighted by Gasteiger charge is 2.25. The number of carbonyl (C=O) groups excluding carboxylic acids is 1. The highest BCUT2D eigenvalue weighted by Crippen LogP contribution is 2.21. The predicted octanol–water partition coefficient (Wildman–Crippen LogP) is 2.68. The molecule has 0 saturated heterocycles. The lowest BCUT2D eigenvalue weighted by Crippen LogP contribution is -2.18. The third-order valence-corrected chi connectivity index (χ3v) is 1.77. The van der Waals surface area contributed by atoms with Crippen LogP contribution < -0.4 is 4.74 Å². The summed E-state index contributed by atoms with van der Waals surface area (Å²) in [6.45, 7) is -0.959. The summed E-state index contributed by atoms with van der Waals surface area (Å²) >= 11 is 4.66. The van der Waals surface area contributed by atoms with Gasteiger partial charge in [-0.1, -0.05) is 6.07 Å². The van der Waals surface area contributed by atoms with E-state index in [0.717, 1.165) is 0 Å². The number of alkyl halides is 3. The van der Waals surface area contributed by atoms with Crippen molar-refractivity contribution in [1.29, 1.82) is 0 Å². The molecule has 1 aromatic rings. The normalized spacial score (nSPS) is 11.0. The minimum Gasteiger partial charge on any atom is -0.486 e. The van der Waals surface area contributed by atoms with Crippen molar-refractivity contribution in [3.8, 4) is 5.75 Å². The van der Waals surface area contributed by atoms with E-state index in [4.69, 9.17) is 4.74 Å². The summed E-state index contributed by atoms with van der Waals surface area (Å²) in [5.74, 6) is -0.439. The molecule has 0 bridgehead atoms. The number of benzene rings is 1. The molecule has 0 aliphatic heterocycles. The molecule has 0 aliphatic rings. The maximum absolute atomic E-state index is 12.3. The van der Waals surface area contributed by atoms with Gasteiger partial charge in [-0.15, -0.1) is 0 Å². The monoisotopic (exact) mass is 250 g/mol. The first-order valence-corrected chi connectivity index (χ1v) is 4.68. The topological polar surface area (TPSA) is 35.5 Å². The molecule has 3 nitrogen and oxygen atoms in total. The Hall–Kier alpha value is -1.36. The smallest absolute Gasteiger partial charge is 0.355 e. The number of esters is 1. The van der Waals surface area contributed by atoms with Crippen LogP contribution in [0.15, 0.2) is 24.3 Å². The van der Waals surface area contributed by atoms with E-state index in [0.29, 0.717) is 0 Å². The minimum atomic E-state index is -3.43. The van der Waals surface area contributed by atoms with Crippen molar-refractivity contribution in [3.63, 3.8) is 0 Å². The Morgan fingerprint density at radius 1 is 1.50 bits per heavy atom. The molecule has 0 atom stereocenters. The summed E-state index contributed by atoms with van der Waals surface area (Å²) in [4.78, 5) is 11.1. The molecule has 0 saturated carbocycles. The molecule has 0 unspecified atom stereocenters. The standard InChI is InChI=1S/C10H9ClF2O3/c1-15-9(14)7-3-2-4-8(5-7)16-6-10(11,12)13/h2-5H,6H2,1H3. The summed E-state index contributed by atoms with van der Waals surface area (Å²) in [5, 5.41) is -3.43. The molecule has 0 fully saturated rings. The van der Waals surface area contributed by atoms with Crippen molar-refractivity contribution in [2.75, 3.05) is 13.7 Å². The van der Waals surface area contributed by atoms with E-state index in [1.807, 2.05) is 0 Å². The quantitative estimate of drug-likeness (QED) is 0.609. The number of halogens is 3. The average Bonchev–Trinajstić information content (AvgIpc) is 2.25. The predicted molar refractivity (Wildman–Crippen MR) is 54.1 cm³/mol. The molecule has 0 radical (unpaired) electrons. The van der Waals surface area contributed by atoms with Crippen molar-refractivity contribution in [3.05, 3.63) is 29.8 Å². The molecule has 0 N–H and O–H groups in total. The van der Waals surface area contributed by atoms with Crippen LogP contribution in [-0.2, 0) is 4.74 Å². The van der Waals surface area contributed by atoms with Crippen LogP contribution in [0.1, 0.15) is 10.4 Å². The fourth-order valence-electron chi connectivity index (χ4n) is 0.996. The number of methoxy groups -OCH3 is 1. The molecule has 1 aromatic carbocycles. The van der Waals surface area contributed by atoms with Crippen molar-refractivity contribution < 1.29 is 23.0 Å². The van der Waals surface area contributed by atoms with Gasteiger partial charge in [0.1, 0.15) is 5.75 Å². The molecule has 0 aliphatic carbocycles. The number of hydrogen-bond acceptors (Lipinski definition) is 3. The van der Waals surface area contributed by atoms with Crippen molar-refractivity contribution in [2.24, 2.45) is 0 Å². The molecule has 0 aromatic heterocycles. The number of rotatable bonds is 4. The first kappa shape index (κ1) is 12.7. The van der Waals surface area contributed by atoms with E-state index in [9.17, 15) is 13.6 Å². The second-order valence-corrected chi connectivity index (χ2v) is 3.48. The Labute approximate surface area is 95.9 Å². The summed E-state index contributed by atoms with van der Waals surface area (Å²) < 4.78 is 33.7. The Balaban J connectivity index is 2.71. The van der Waals surface area contributed by atoms with Crippen LogP contribution in [0, 0.1) is 0 Å². The molecule has 88 valence electrons. The van der Waals surface area contributed by atoms with Crippen LogP contribution in [0.25, 0.3) is 0 Å². The first-order valence-electron chi connectivity index (χ1n) is 4.30. The Morgan fingerprint density at radius 2 is 2.19 bits per heavy atom. The first-order chi connectivity index (χ1) is 7.42. The lowest BCUT2D eigenvalue weighted by Gasteiger charge is -2.10. The SMILES string of the molecule is COC(=O)c1cccc(OCC(F)(F)Cl)c1. The fourth-order valence-corrected chi connectivity index (χ4v) is 1.05. The molecule has 0 amide bonds. The molecular weight excluding hydrogens is 242 g/mol. The fraction of sp³-hybridized carbons (Fsp3) is 0.300. The van der Waals surface area contributed by atoms with Gasteiger partial charge < -0.3 is 9.47 Å². The zero-order valence-electron chi connectivity index (χ0n) is 8.38. The van der Waals surface area contributed by atoms with Crippen LogP contribution in [0.2, 0.25) is 0 Å². The lowest BCUT2D eigenvalue weighted by molar-refractivity contribution is 0.0392. The van der Waals surface area contributed by atoms with E-state index in [1.54, 1.807) is 0 Å². The molecule has 6 heteroatoms. The third kappa shape index (κ3) is 4.02. The van der Waals surface area contributed by atoms with Crippen LogP contribution >= 0.6 is 11.6 Å². The van der Waals surface area contributed by atoms with Gasteiger partial charge in [0.05, 0.1) is 12.7 Å². The Bertz CT molecular complexity index is 377. The van der Waals surface area contributed by atoms with Crippen molar-refractivity contribution in [1.82, 2.24) is 0 Å². The van der Waals surface area contributed by atoms with E-state index in [2.05, 4.69) is 16.3 Å². The highest BCUT2D eigenvalue weighted by molar-refractivity contribution is 6.21. The second kappa shape index (κ2) is 5.12. The molecular formula is C10H9ClF2O3. The summed E-state index contributed by atoms with van der Waals surface area (Å²) in [5.41, 5.74) is 0.220. The van der Waals surface area contributed by atoms with Crippen LogP contribution in [0.4, 0.5) is 8.78 Å². The third-order valence-electron chi connectivity index (χ3n) is 1.66. The minimum absolute atomic E-state index is 0.128. The van der Waals surface area contributed by atoms with Crippen LogP contribution in [0.3, 0.4) is 0 Å². The average molecular weight is 251 g/mol. The zero-order valence-corrected chi connectivity index (χ0v) is 9.13. The van der Waals surface area contributed by atoms with E-state index < -0.39 is 18.0 Å². The van der Waals surface area contributed by atoms with E-state index in [-0.39, 0.29) is 11.3 Å². The highest BCUT2D eigenvalue weighted by atomic mass is 35.5. The number of hydrogen-bond donors (Lipinski definition) is 0. The maximum atomic E-state index is 12.3. The Kier molecular flexibility index (Phi) is 4.06. The van der Waals surface area contributed by atoms with Gasteiger partial charge in [0.25, 0.3) is 0 Å². The second-order valence-electron chi connectivity index (χ2n) is 2.92. The van der Waals surface area contributed by atoms with E-state index in [1.165, 1.54) is 31.4 Å². The Morgan fingerprint density at radius 3 is 2.75 bits per heavy atom. The van der Waals surface area contributed by atoms with Gasteiger partial charge in [-0.05, 0) is 29.8 Å². The molecule has 1 rings (SSSR count). The van der Waals surface area contributed by atoms with Gasteiger partial charge >= 0.3 is 11.4 Å². The van der Waals surface area contributed by atoms with Crippen molar-refractivity contribution >= 4 is 17.6 Å². The van der Waals surface area contributed by atoms with Gasteiger partial charge in [0.15, 0.2) is 6.61 Å².